The van der Waals surface area contributed by atoms with Crippen LogP contribution in [-0.4, -0.2) is 33.7 Å². The fourth-order valence-corrected chi connectivity index (χ4v) is 4.49. The summed E-state index contributed by atoms with van der Waals surface area (Å²) < 4.78 is 6.12. The van der Waals surface area contributed by atoms with Gasteiger partial charge in [0, 0.05) is 23.5 Å². The third-order valence-electron chi connectivity index (χ3n) is 6.43. The van der Waals surface area contributed by atoms with E-state index in [1.54, 1.807) is 6.20 Å². The van der Waals surface area contributed by atoms with Crippen molar-refractivity contribution >= 4 is 16.8 Å². The Hall–Kier alpha value is -2.14. The maximum absolute atomic E-state index is 12.6. The predicted molar refractivity (Wildman–Crippen MR) is 109 cm³/mol. The van der Waals surface area contributed by atoms with Crippen LogP contribution < -0.4 is 10.1 Å². The molecule has 2 N–H and O–H groups in total. The van der Waals surface area contributed by atoms with Gasteiger partial charge in [-0.15, -0.1) is 0 Å². The lowest BCUT2D eigenvalue weighted by Gasteiger charge is -2.38. The number of aromatic nitrogens is 1. The van der Waals surface area contributed by atoms with Crippen molar-refractivity contribution in [3.63, 3.8) is 0 Å². The molecule has 4 rings (SSSR count). The summed E-state index contributed by atoms with van der Waals surface area (Å²) in [5, 5.41) is 14.4. The molecule has 2 aliphatic carbocycles. The summed E-state index contributed by atoms with van der Waals surface area (Å²) in [5.74, 6) is 1.32. The van der Waals surface area contributed by atoms with E-state index in [1.807, 2.05) is 44.2 Å². The lowest BCUT2D eigenvalue weighted by Crippen LogP contribution is -2.48. The minimum absolute atomic E-state index is 0.0416. The highest BCUT2D eigenvalue weighted by Crippen LogP contribution is 2.35. The summed E-state index contributed by atoms with van der Waals surface area (Å²) in [6.07, 6.45) is 7.22. The van der Waals surface area contributed by atoms with Gasteiger partial charge in [0.2, 0.25) is 5.91 Å². The second-order valence-corrected chi connectivity index (χ2v) is 8.95. The maximum atomic E-state index is 12.6. The lowest BCUT2D eigenvalue weighted by atomic mass is 9.76. The van der Waals surface area contributed by atoms with E-state index in [4.69, 9.17) is 4.74 Å². The summed E-state index contributed by atoms with van der Waals surface area (Å²) in [6, 6.07) is 10.1. The highest BCUT2D eigenvalue weighted by Gasteiger charge is 2.38. The van der Waals surface area contributed by atoms with Crippen molar-refractivity contribution in [2.75, 3.05) is 0 Å². The van der Waals surface area contributed by atoms with Crippen LogP contribution in [0.5, 0.6) is 5.75 Å². The Bertz CT molecular complexity index is 826. The van der Waals surface area contributed by atoms with E-state index < -0.39 is 5.60 Å². The molecule has 1 heterocycles. The molecule has 0 bridgehead atoms. The minimum atomic E-state index is -0.621. The second kappa shape index (κ2) is 7.70. The van der Waals surface area contributed by atoms with Crippen molar-refractivity contribution < 1.29 is 14.6 Å². The van der Waals surface area contributed by atoms with Crippen LogP contribution in [0.1, 0.15) is 52.4 Å². The van der Waals surface area contributed by atoms with E-state index in [1.165, 1.54) is 0 Å². The number of fused-ring (bicyclic) bond motifs is 1. The van der Waals surface area contributed by atoms with Crippen molar-refractivity contribution in [1.82, 2.24) is 10.3 Å². The molecular weight excluding hydrogens is 352 g/mol. The quantitative estimate of drug-likeness (QED) is 0.824. The standard InChI is InChI=1S/C23H30N2O3/c1-23(2,27)17-8-10-18(11-9-17)25-22(26)16-13-19(14-16)28-20-7-3-5-15-6-4-12-24-21(15)20/h3-7,12,16-19,27H,8-11,13-14H2,1-2H3,(H,25,26). The van der Waals surface area contributed by atoms with Crippen LogP contribution in [-0.2, 0) is 4.79 Å². The highest BCUT2D eigenvalue weighted by atomic mass is 16.5. The van der Waals surface area contributed by atoms with Crippen LogP contribution >= 0.6 is 0 Å². The molecule has 0 radical (unpaired) electrons. The normalized spacial score (nSPS) is 27.8. The minimum Gasteiger partial charge on any atom is -0.488 e. The first-order chi connectivity index (χ1) is 13.4. The summed E-state index contributed by atoms with van der Waals surface area (Å²) in [5.41, 5.74) is 0.255. The largest absolute Gasteiger partial charge is 0.488 e. The average Bonchev–Trinajstić information content (AvgIpc) is 2.64. The zero-order valence-corrected chi connectivity index (χ0v) is 16.7. The molecule has 5 heteroatoms. The molecule has 1 aromatic carbocycles. The molecule has 28 heavy (non-hydrogen) atoms. The zero-order chi connectivity index (χ0) is 19.7. The molecule has 1 aromatic heterocycles. The highest BCUT2D eigenvalue weighted by molar-refractivity contribution is 5.84. The molecule has 2 fully saturated rings. The Labute approximate surface area is 166 Å². The SMILES string of the molecule is CC(C)(O)C1CCC(NC(=O)C2CC(Oc3cccc4cccnc34)C2)CC1. The van der Waals surface area contributed by atoms with Crippen molar-refractivity contribution in [3.8, 4) is 5.75 Å². The van der Waals surface area contributed by atoms with Gasteiger partial charge in [-0.3, -0.25) is 9.78 Å². The molecular formula is C23H30N2O3. The molecule has 5 nitrogen and oxygen atoms in total. The number of para-hydroxylation sites is 1. The van der Waals surface area contributed by atoms with Gasteiger partial charge < -0.3 is 15.2 Å². The first-order valence-electron chi connectivity index (χ1n) is 10.4. The number of carbonyl (C=O) groups excluding carboxylic acids is 1. The Balaban J connectivity index is 1.25. The van der Waals surface area contributed by atoms with Gasteiger partial charge >= 0.3 is 0 Å². The Morgan fingerprint density at radius 3 is 2.57 bits per heavy atom. The molecule has 0 atom stereocenters. The average molecular weight is 383 g/mol. The van der Waals surface area contributed by atoms with Crippen LogP contribution in [0.4, 0.5) is 0 Å². The molecule has 2 aliphatic rings. The van der Waals surface area contributed by atoms with Gasteiger partial charge in [-0.25, -0.2) is 0 Å². The van der Waals surface area contributed by atoms with E-state index in [9.17, 15) is 9.90 Å². The lowest BCUT2D eigenvalue weighted by molar-refractivity contribution is -0.131. The van der Waals surface area contributed by atoms with Crippen LogP contribution in [0.25, 0.3) is 10.9 Å². The smallest absolute Gasteiger partial charge is 0.223 e. The molecule has 150 valence electrons. The number of hydrogen-bond acceptors (Lipinski definition) is 4. The van der Waals surface area contributed by atoms with Crippen molar-refractivity contribution in [2.45, 2.75) is 70.1 Å². The number of nitrogens with one attached hydrogen (secondary N) is 1. The fraction of sp³-hybridized carbons (Fsp3) is 0.565. The third-order valence-corrected chi connectivity index (χ3v) is 6.43. The number of carbonyl (C=O) groups is 1. The van der Waals surface area contributed by atoms with E-state index >= 15 is 0 Å². The van der Waals surface area contributed by atoms with E-state index in [0.29, 0.717) is 5.92 Å². The van der Waals surface area contributed by atoms with Crippen LogP contribution in [0, 0.1) is 11.8 Å². The summed E-state index contributed by atoms with van der Waals surface area (Å²) >= 11 is 0. The van der Waals surface area contributed by atoms with Gasteiger partial charge in [-0.1, -0.05) is 18.2 Å². The fourth-order valence-electron chi connectivity index (χ4n) is 4.49. The second-order valence-electron chi connectivity index (χ2n) is 8.95. The van der Waals surface area contributed by atoms with Crippen LogP contribution in [0.3, 0.4) is 0 Å². The topological polar surface area (TPSA) is 71.5 Å². The monoisotopic (exact) mass is 382 g/mol. The van der Waals surface area contributed by atoms with Gasteiger partial charge in [0.25, 0.3) is 0 Å². The Morgan fingerprint density at radius 2 is 1.86 bits per heavy atom. The van der Waals surface area contributed by atoms with E-state index in [0.717, 1.165) is 55.2 Å². The molecule has 0 aliphatic heterocycles. The molecule has 2 saturated carbocycles. The number of benzene rings is 1. The van der Waals surface area contributed by atoms with Gasteiger partial charge in [0.05, 0.1) is 5.60 Å². The Morgan fingerprint density at radius 1 is 1.14 bits per heavy atom. The summed E-state index contributed by atoms with van der Waals surface area (Å²) in [4.78, 5) is 17.0. The number of nitrogens with zero attached hydrogens (tertiary/aromatic N) is 1. The van der Waals surface area contributed by atoms with Crippen molar-refractivity contribution in [2.24, 2.45) is 11.8 Å². The maximum Gasteiger partial charge on any atom is 0.223 e. The van der Waals surface area contributed by atoms with Gasteiger partial charge in [-0.05, 0) is 70.4 Å². The van der Waals surface area contributed by atoms with Gasteiger partial charge in [0.1, 0.15) is 17.4 Å². The number of amides is 1. The first-order valence-corrected chi connectivity index (χ1v) is 10.4. The van der Waals surface area contributed by atoms with Crippen LogP contribution in [0.2, 0.25) is 0 Å². The summed E-state index contributed by atoms with van der Waals surface area (Å²) in [6.45, 7) is 3.77. The molecule has 0 saturated heterocycles. The first kappa shape index (κ1) is 19.2. The summed E-state index contributed by atoms with van der Waals surface area (Å²) in [7, 11) is 0. The molecule has 0 spiro atoms. The zero-order valence-electron chi connectivity index (χ0n) is 16.7. The molecule has 0 unspecified atom stereocenters. The third kappa shape index (κ3) is 4.14. The number of hydrogen-bond donors (Lipinski definition) is 2. The predicted octanol–water partition coefficient (Wildman–Crippen LogP) is 3.84. The van der Waals surface area contributed by atoms with Crippen molar-refractivity contribution in [3.05, 3.63) is 36.5 Å². The van der Waals surface area contributed by atoms with Gasteiger partial charge in [-0.2, -0.15) is 0 Å². The van der Waals surface area contributed by atoms with Crippen molar-refractivity contribution in [1.29, 1.82) is 0 Å². The Kier molecular flexibility index (Phi) is 5.28. The number of rotatable bonds is 5. The van der Waals surface area contributed by atoms with E-state index in [2.05, 4.69) is 10.3 Å². The molecule has 2 aromatic rings. The number of aliphatic hydroxyl groups is 1. The van der Waals surface area contributed by atoms with Crippen LogP contribution in [0.15, 0.2) is 36.5 Å². The van der Waals surface area contributed by atoms with Gasteiger partial charge in [0.15, 0.2) is 0 Å². The molecule has 1 amide bonds. The van der Waals surface area contributed by atoms with E-state index in [-0.39, 0.29) is 24.0 Å². The number of ether oxygens (including phenoxy) is 1. The number of pyridine rings is 1.